The Bertz CT molecular complexity index is 242. The monoisotopic (exact) mass is 300 g/mol. The topological polar surface area (TPSA) is 24.5 Å². The average molecular weight is 300 g/mol. The molecule has 1 fully saturated rings. The molecule has 0 aliphatic carbocycles. The Hall–Kier alpha value is 0.0200. The summed E-state index contributed by atoms with van der Waals surface area (Å²) >= 11 is 0.0791. The lowest BCUT2D eigenvalue weighted by Gasteiger charge is -2.32. The van der Waals surface area contributed by atoms with E-state index in [9.17, 15) is 13.2 Å². The summed E-state index contributed by atoms with van der Waals surface area (Å²) in [6.07, 6.45) is 2.23. The van der Waals surface area contributed by atoms with Crippen molar-refractivity contribution in [2.45, 2.75) is 18.3 Å². The molecule has 7 heteroatoms. The van der Waals surface area contributed by atoms with Gasteiger partial charge >= 0.3 is 5.51 Å². The van der Waals surface area contributed by atoms with E-state index in [0.29, 0.717) is 19.1 Å². The van der Waals surface area contributed by atoms with Crippen molar-refractivity contribution in [2.24, 2.45) is 5.92 Å². The molecule has 1 aliphatic heterocycles. The van der Waals surface area contributed by atoms with Gasteiger partial charge in [-0.2, -0.15) is 13.2 Å². The Morgan fingerprint density at radius 3 is 2.89 bits per heavy atom. The maximum atomic E-state index is 12.0. The van der Waals surface area contributed by atoms with E-state index in [1.54, 1.807) is 7.11 Å². The van der Waals surface area contributed by atoms with Crippen LogP contribution in [0.4, 0.5) is 13.2 Å². The summed E-state index contributed by atoms with van der Waals surface area (Å²) < 4.78 is 41.1. The number of rotatable bonds is 8. The van der Waals surface area contributed by atoms with Crippen LogP contribution in [0.15, 0.2) is 0 Å². The normalized spacial score (nSPS) is 21.8. The van der Waals surface area contributed by atoms with Crippen molar-refractivity contribution in [3.63, 3.8) is 0 Å². The van der Waals surface area contributed by atoms with Crippen LogP contribution in [0.1, 0.15) is 12.8 Å². The van der Waals surface area contributed by atoms with Crippen LogP contribution in [-0.4, -0.2) is 62.6 Å². The number of halogens is 3. The molecule has 1 rings (SSSR count). The molecule has 1 N–H and O–H groups in total. The van der Waals surface area contributed by atoms with Gasteiger partial charge in [0.15, 0.2) is 0 Å². The number of nitrogens with one attached hydrogen (secondary N) is 1. The molecule has 1 unspecified atom stereocenters. The minimum absolute atomic E-state index is 0.0791. The highest BCUT2D eigenvalue weighted by Crippen LogP contribution is 2.30. The summed E-state index contributed by atoms with van der Waals surface area (Å²) in [5.74, 6) is 0.675. The van der Waals surface area contributed by atoms with E-state index in [2.05, 4.69) is 10.2 Å². The number of ether oxygens (including phenoxy) is 1. The minimum Gasteiger partial charge on any atom is -0.383 e. The highest BCUT2D eigenvalue weighted by molar-refractivity contribution is 8.00. The van der Waals surface area contributed by atoms with E-state index in [1.165, 1.54) is 0 Å². The van der Waals surface area contributed by atoms with Crippen LogP contribution >= 0.6 is 11.8 Å². The molecular formula is C12H23F3N2OS. The lowest BCUT2D eigenvalue weighted by atomic mass is 9.98. The molecular weight excluding hydrogens is 277 g/mol. The Morgan fingerprint density at radius 2 is 2.21 bits per heavy atom. The Balaban J connectivity index is 2.12. The summed E-state index contributed by atoms with van der Waals surface area (Å²) in [5.41, 5.74) is -4.10. The molecule has 114 valence electrons. The third kappa shape index (κ3) is 8.73. The van der Waals surface area contributed by atoms with E-state index < -0.39 is 5.51 Å². The van der Waals surface area contributed by atoms with Gasteiger partial charge in [0, 0.05) is 32.5 Å². The molecule has 0 spiro atoms. The van der Waals surface area contributed by atoms with Crippen molar-refractivity contribution in [1.29, 1.82) is 0 Å². The number of thioether (sulfide) groups is 1. The number of hydrogen-bond acceptors (Lipinski definition) is 4. The van der Waals surface area contributed by atoms with E-state index in [-0.39, 0.29) is 17.5 Å². The number of hydrogen-bond donors (Lipinski definition) is 1. The van der Waals surface area contributed by atoms with Crippen LogP contribution in [-0.2, 0) is 4.74 Å². The number of nitrogens with zero attached hydrogens (tertiary/aromatic N) is 1. The SMILES string of the molecule is COCCNCC1CCCN(CCSC(F)(F)F)C1. The van der Waals surface area contributed by atoms with E-state index >= 15 is 0 Å². The second kappa shape index (κ2) is 9.05. The average Bonchev–Trinajstić information content (AvgIpc) is 2.34. The van der Waals surface area contributed by atoms with Crippen LogP contribution in [0, 0.1) is 5.92 Å². The standard InChI is InChI=1S/C12H23F3N2OS/c1-18-7-4-16-9-11-3-2-5-17(10-11)6-8-19-12(13,14)15/h11,16H,2-10H2,1H3. The molecule has 19 heavy (non-hydrogen) atoms. The first kappa shape index (κ1) is 17.1. The molecule has 0 amide bonds. The maximum absolute atomic E-state index is 12.0. The lowest BCUT2D eigenvalue weighted by molar-refractivity contribution is -0.0329. The van der Waals surface area contributed by atoms with Crippen molar-refractivity contribution in [3.8, 4) is 0 Å². The van der Waals surface area contributed by atoms with Gasteiger partial charge in [0.05, 0.1) is 6.61 Å². The van der Waals surface area contributed by atoms with Gasteiger partial charge in [-0.25, -0.2) is 0 Å². The molecule has 1 saturated heterocycles. The van der Waals surface area contributed by atoms with Gasteiger partial charge in [-0.15, -0.1) is 0 Å². The zero-order valence-corrected chi connectivity index (χ0v) is 12.2. The van der Waals surface area contributed by atoms with Crippen LogP contribution in [0.25, 0.3) is 0 Å². The fourth-order valence-electron chi connectivity index (χ4n) is 2.29. The number of piperidine rings is 1. The molecule has 1 aliphatic rings. The summed E-state index contributed by atoms with van der Waals surface area (Å²) in [5, 5.41) is 3.32. The van der Waals surface area contributed by atoms with E-state index in [0.717, 1.165) is 39.0 Å². The molecule has 1 atom stereocenters. The van der Waals surface area contributed by atoms with Crippen LogP contribution < -0.4 is 5.32 Å². The lowest BCUT2D eigenvalue weighted by Crippen LogP contribution is -2.41. The third-order valence-corrected chi connectivity index (χ3v) is 3.91. The van der Waals surface area contributed by atoms with Crippen molar-refractivity contribution in [1.82, 2.24) is 10.2 Å². The fourth-order valence-corrected chi connectivity index (χ4v) is 2.87. The molecule has 3 nitrogen and oxygen atoms in total. The van der Waals surface area contributed by atoms with E-state index in [4.69, 9.17) is 4.74 Å². The van der Waals surface area contributed by atoms with Gasteiger partial charge in [0.2, 0.25) is 0 Å². The first-order chi connectivity index (χ1) is 9.01. The maximum Gasteiger partial charge on any atom is 0.441 e. The van der Waals surface area contributed by atoms with Gasteiger partial charge in [-0.3, -0.25) is 0 Å². The summed E-state index contributed by atoms with van der Waals surface area (Å²) in [6.45, 7) is 4.80. The van der Waals surface area contributed by atoms with Gasteiger partial charge in [-0.1, -0.05) is 0 Å². The van der Waals surface area contributed by atoms with Crippen molar-refractivity contribution in [2.75, 3.05) is 52.2 Å². The first-order valence-electron chi connectivity index (χ1n) is 6.64. The second-order valence-electron chi connectivity index (χ2n) is 4.80. The molecule has 0 aromatic carbocycles. The van der Waals surface area contributed by atoms with Crippen LogP contribution in [0.5, 0.6) is 0 Å². The zero-order valence-electron chi connectivity index (χ0n) is 11.3. The molecule has 0 bridgehead atoms. The van der Waals surface area contributed by atoms with Gasteiger partial charge in [0.1, 0.15) is 0 Å². The predicted octanol–water partition coefficient (Wildman–Crippen LogP) is 2.19. The van der Waals surface area contributed by atoms with Gasteiger partial charge in [-0.05, 0) is 43.6 Å². The summed E-state index contributed by atoms with van der Waals surface area (Å²) in [6, 6.07) is 0. The highest BCUT2D eigenvalue weighted by atomic mass is 32.2. The molecule has 0 aromatic heterocycles. The number of likely N-dealkylation sites (tertiary alicyclic amines) is 1. The summed E-state index contributed by atoms with van der Waals surface area (Å²) in [7, 11) is 1.67. The smallest absolute Gasteiger partial charge is 0.383 e. The van der Waals surface area contributed by atoms with E-state index in [1.807, 2.05) is 0 Å². The molecule has 0 radical (unpaired) electrons. The Labute approximate surface area is 117 Å². The Kier molecular flexibility index (Phi) is 8.13. The number of alkyl halides is 3. The largest absolute Gasteiger partial charge is 0.441 e. The number of methoxy groups -OCH3 is 1. The molecule has 0 aromatic rings. The molecule has 1 heterocycles. The van der Waals surface area contributed by atoms with Crippen molar-refractivity contribution in [3.05, 3.63) is 0 Å². The van der Waals surface area contributed by atoms with Crippen LogP contribution in [0.2, 0.25) is 0 Å². The van der Waals surface area contributed by atoms with Crippen molar-refractivity contribution >= 4 is 11.8 Å². The minimum atomic E-state index is -4.10. The first-order valence-corrected chi connectivity index (χ1v) is 7.62. The molecule has 0 saturated carbocycles. The van der Waals surface area contributed by atoms with Gasteiger partial charge < -0.3 is 15.0 Å². The fraction of sp³-hybridized carbons (Fsp3) is 1.00. The summed E-state index contributed by atoms with van der Waals surface area (Å²) in [4.78, 5) is 2.14. The second-order valence-corrected chi connectivity index (χ2v) is 5.96. The van der Waals surface area contributed by atoms with Crippen LogP contribution in [0.3, 0.4) is 0 Å². The highest BCUT2D eigenvalue weighted by Gasteiger charge is 2.28. The Morgan fingerprint density at radius 1 is 1.42 bits per heavy atom. The van der Waals surface area contributed by atoms with Gasteiger partial charge in [0.25, 0.3) is 0 Å². The third-order valence-electron chi connectivity index (χ3n) is 3.19. The quantitative estimate of drug-likeness (QED) is 0.695. The zero-order chi connectivity index (χ0) is 14.1. The predicted molar refractivity (Wildman–Crippen MR) is 72.4 cm³/mol. The van der Waals surface area contributed by atoms with Crippen molar-refractivity contribution < 1.29 is 17.9 Å².